The molecule has 0 aliphatic heterocycles. The predicted octanol–water partition coefficient (Wildman–Crippen LogP) is 1.85. The Hall–Kier alpha value is -2.69. The van der Waals surface area contributed by atoms with Crippen molar-refractivity contribution in [3.63, 3.8) is 0 Å². The van der Waals surface area contributed by atoms with Crippen LogP contribution in [0.5, 0.6) is 0 Å². The van der Waals surface area contributed by atoms with Gasteiger partial charge < -0.3 is 4.90 Å². The molecule has 8 heteroatoms. The second-order valence-electron chi connectivity index (χ2n) is 3.52. The molecule has 0 aromatic heterocycles. The molecule has 0 aliphatic carbocycles. The Labute approximate surface area is 102 Å². The fourth-order valence-electron chi connectivity index (χ4n) is 1.43. The van der Waals surface area contributed by atoms with Gasteiger partial charge in [-0.25, -0.2) is 0 Å². The molecule has 0 spiro atoms. The Kier molecular flexibility index (Phi) is 4.15. The van der Waals surface area contributed by atoms with Crippen LogP contribution < -0.4 is 4.90 Å². The molecule has 0 N–H and O–H groups in total. The Morgan fingerprint density at radius 3 is 2.50 bits per heavy atom. The lowest BCUT2D eigenvalue weighted by atomic mass is 10.2. The molecule has 0 saturated carbocycles. The van der Waals surface area contributed by atoms with Gasteiger partial charge in [0.15, 0.2) is 0 Å². The summed E-state index contributed by atoms with van der Waals surface area (Å²) in [5, 5.41) is 29.9. The van der Waals surface area contributed by atoms with Crippen molar-refractivity contribution in [2.24, 2.45) is 0 Å². The summed E-state index contributed by atoms with van der Waals surface area (Å²) in [6, 6.07) is 5.35. The van der Waals surface area contributed by atoms with Crippen LogP contribution in [0, 0.1) is 31.6 Å². The molecule has 18 heavy (non-hydrogen) atoms. The quantitative estimate of drug-likeness (QED) is 0.582. The number of rotatable bonds is 5. The van der Waals surface area contributed by atoms with Crippen molar-refractivity contribution in [1.29, 1.82) is 5.26 Å². The van der Waals surface area contributed by atoms with Gasteiger partial charge in [-0.3, -0.25) is 20.2 Å². The Morgan fingerprint density at radius 2 is 2.00 bits per heavy atom. The van der Waals surface area contributed by atoms with Gasteiger partial charge in [-0.05, 0) is 6.07 Å². The van der Waals surface area contributed by atoms with E-state index in [1.54, 1.807) is 7.05 Å². The van der Waals surface area contributed by atoms with Gasteiger partial charge in [0.25, 0.3) is 11.4 Å². The molecule has 0 heterocycles. The largest absolute Gasteiger partial charge is 0.368 e. The van der Waals surface area contributed by atoms with Gasteiger partial charge in [0.05, 0.1) is 28.4 Å². The maximum absolute atomic E-state index is 10.9. The average molecular weight is 250 g/mol. The first-order valence-electron chi connectivity index (χ1n) is 4.98. The molecule has 1 aromatic rings. The normalized spacial score (nSPS) is 9.56. The highest BCUT2D eigenvalue weighted by Crippen LogP contribution is 2.31. The van der Waals surface area contributed by atoms with E-state index in [0.717, 1.165) is 6.07 Å². The van der Waals surface area contributed by atoms with E-state index < -0.39 is 9.85 Å². The van der Waals surface area contributed by atoms with Crippen molar-refractivity contribution in [3.8, 4) is 6.07 Å². The molecule has 0 saturated heterocycles. The molecular formula is C10H10N4O4. The third kappa shape index (κ3) is 2.91. The first-order valence-corrected chi connectivity index (χ1v) is 4.98. The van der Waals surface area contributed by atoms with Crippen molar-refractivity contribution in [3.05, 3.63) is 38.4 Å². The van der Waals surface area contributed by atoms with Crippen LogP contribution >= 0.6 is 0 Å². The van der Waals surface area contributed by atoms with E-state index >= 15 is 0 Å². The summed E-state index contributed by atoms with van der Waals surface area (Å²) in [6.07, 6.45) is 0.213. The molecule has 0 amide bonds. The molecule has 1 aromatic carbocycles. The number of nitrogens with zero attached hydrogens (tertiary/aromatic N) is 4. The molecule has 0 radical (unpaired) electrons. The maximum Gasteiger partial charge on any atom is 0.299 e. The third-order valence-electron chi connectivity index (χ3n) is 2.34. The standard InChI is InChI=1S/C10H10N4O4/c1-12(6-2-5-11)9-4-3-8(13(15)16)7-10(9)14(17)18/h3-4,7H,2,6H2,1H3. The van der Waals surface area contributed by atoms with Gasteiger partial charge in [-0.1, -0.05) is 0 Å². The SMILES string of the molecule is CN(CCC#N)c1ccc([N+](=O)[O-])cc1[N+](=O)[O-]. The number of anilines is 1. The van der Waals surface area contributed by atoms with E-state index in [-0.39, 0.29) is 23.5 Å². The lowest BCUT2D eigenvalue weighted by Crippen LogP contribution is -2.19. The first-order chi connectivity index (χ1) is 8.47. The smallest absolute Gasteiger partial charge is 0.299 e. The van der Waals surface area contributed by atoms with Gasteiger partial charge in [0, 0.05) is 19.7 Å². The number of nitro benzene ring substituents is 2. The summed E-state index contributed by atoms with van der Waals surface area (Å²) in [4.78, 5) is 21.6. The number of non-ortho nitro benzene ring substituents is 1. The minimum atomic E-state index is -0.688. The van der Waals surface area contributed by atoms with E-state index in [4.69, 9.17) is 5.26 Å². The summed E-state index contributed by atoms with van der Waals surface area (Å²) in [6.45, 7) is 0.315. The molecule has 0 unspecified atom stereocenters. The Bertz CT molecular complexity index is 523. The Morgan fingerprint density at radius 1 is 1.33 bits per heavy atom. The van der Waals surface area contributed by atoms with Crippen molar-refractivity contribution in [2.45, 2.75) is 6.42 Å². The molecule has 8 nitrogen and oxygen atoms in total. The zero-order chi connectivity index (χ0) is 13.7. The summed E-state index contributed by atoms with van der Waals surface area (Å²) in [5.74, 6) is 0. The molecule has 0 atom stereocenters. The van der Waals surface area contributed by atoms with Gasteiger partial charge >= 0.3 is 0 Å². The summed E-state index contributed by atoms with van der Waals surface area (Å²) >= 11 is 0. The maximum atomic E-state index is 10.9. The fraction of sp³-hybridized carbons (Fsp3) is 0.300. The number of hydrogen-bond acceptors (Lipinski definition) is 6. The van der Waals surface area contributed by atoms with Crippen molar-refractivity contribution in [2.75, 3.05) is 18.5 Å². The van der Waals surface area contributed by atoms with E-state index in [0.29, 0.717) is 6.54 Å². The van der Waals surface area contributed by atoms with E-state index in [1.807, 2.05) is 6.07 Å². The van der Waals surface area contributed by atoms with E-state index in [9.17, 15) is 20.2 Å². The highest BCUT2D eigenvalue weighted by Gasteiger charge is 2.21. The van der Waals surface area contributed by atoms with Crippen LogP contribution in [0.4, 0.5) is 17.1 Å². The van der Waals surface area contributed by atoms with Crippen LogP contribution in [0.2, 0.25) is 0 Å². The highest BCUT2D eigenvalue weighted by molar-refractivity contribution is 5.66. The lowest BCUT2D eigenvalue weighted by Gasteiger charge is -2.17. The summed E-state index contributed by atoms with van der Waals surface area (Å²) in [5.41, 5.74) is -0.426. The van der Waals surface area contributed by atoms with Gasteiger partial charge in [-0.15, -0.1) is 0 Å². The molecule has 0 aliphatic rings. The second-order valence-corrected chi connectivity index (χ2v) is 3.52. The zero-order valence-electron chi connectivity index (χ0n) is 9.57. The number of benzene rings is 1. The van der Waals surface area contributed by atoms with Crippen LogP contribution in [0.1, 0.15) is 6.42 Å². The fourth-order valence-corrected chi connectivity index (χ4v) is 1.43. The monoisotopic (exact) mass is 250 g/mol. The van der Waals surface area contributed by atoms with Crippen molar-refractivity contribution in [1.82, 2.24) is 0 Å². The zero-order valence-corrected chi connectivity index (χ0v) is 9.57. The minimum absolute atomic E-state index is 0.213. The number of nitro groups is 2. The summed E-state index contributed by atoms with van der Waals surface area (Å²) < 4.78 is 0. The predicted molar refractivity (Wildman–Crippen MR) is 63.3 cm³/mol. The molecule has 1 rings (SSSR count). The third-order valence-corrected chi connectivity index (χ3v) is 2.34. The summed E-state index contributed by atoms with van der Waals surface area (Å²) in [7, 11) is 1.59. The van der Waals surface area contributed by atoms with Crippen LogP contribution in [-0.2, 0) is 0 Å². The van der Waals surface area contributed by atoms with Gasteiger partial charge in [-0.2, -0.15) is 5.26 Å². The molecule has 94 valence electrons. The number of nitriles is 1. The van der Waals surface area contributed by atoms with Crippen LogP contribution in [0.15, 0.2) is 18.2 Å². The van der Waals surface area contributed by atoms with E-state index in [1.165, 1.54) is 17.0 Å². The van der Waals surface area contributed by atoms with E-state index in [2.05, 4.69) is 0 Å². The highest BCUT2D eigenvalue weighted by atomic mass is 16.6. The van der Waals surface area contributed by atoms with Crippen LogP contribution in [0.25, 0.3) is 0 Å². The molecular weight excluding hydrogens is 240 g/mol. The van der Waals surface area contributed by atoms with Crippen LogP contribution in [0.3, 0.4) is 0 Å². The Balaban J connectivity index is 3.16. The van der Waals surface area contributed by atoms with Crippen molar-refractivity contribution >= 4 is 17.1 Å². The van der Waals surface area contributed by atoms with Gasteiger partial charge in [0.2, 0.25) is 0 Å². The second kappa shape index (κ2) is 5.58. The topological polar surface area (TPSA) is 113 Å². The molecule has 0 bridgehead atoms. The first kappa shape index (κ1) is 13.4. The minimum Gasteiger partial charge on any atom is -0.368 e. The molecule has 0 fully saturated rings. The van der Waals surface area contributed by atoms with Crippen molar-refractivity contribution < 1.29 is 9.85 Å². The van der Waals surface area contributed by atoms with Crippen LogP contribution in [-0.4, -0.2) is 23.4 Å². The lowest BCUT2D eigenvalue weighted by molar-refractivity contribution is -0.393. The van der Waals surface area contributed by atoms with Gasteiger partial charge in [0.1, 0.15) is 5.69 Å². The number of hydrogen-bond donors (Lipinski definition) is 0. The average Bonchev–Trinajstić information content (AvgIpc) is 2.34.